The van der Waals surface area contributed by atoms with E-state index in [0.717, 1.165) is 52.1 Å². The predicted octanol–water partition coefficient (Wildman–Crippen LogP) is 6.12. The number of hydrogen-bond acceptors (Lipinski definition) is 6. The number of likely N-dealkylation sites (tertiary alicyclic amines) is 1. The Labute approximate surface area is 252 Å². The van der Waals surface area contributed by atoms with Crippen LogP contribution in [-0.2, 0) is 22.4 Å². The fourth-order valence-corrected chi connectivity index (χ4v) is 6.59. The van der Waals surface area contributed by atoms with Gasteiger partial charge in [0.15, 0.2) is 11.5 Å². The summed E-state index contributed by atoms with van der Waals surface area (Å²) in [5.74, 6) is 0.516. The van der Waals surface area contributed by atoms with Crippen LogP contribution in [0.3, 0.4) is 0 Å². The average molecular weight is 585 g/mol. The second kappa shape index (κ2) is 12.3. The van der Waals surface area contributed by atoms with E-state index >= 15 is 0 Å². The average Bonchev–Trinajstić information content (AvgIpc) is 3.60. The highest BCUT2D eigenvalue weighted by Gasteiger charge is 2.48. The van der Waals surface area contributed by atoms with E-state index in [4.69, 9.17) is 14.2 Å². The number of carbonyl (C=O) groups is 2. The normalized spacial score (nSPS) is 21.1. The first-order chi connectivity index (χ1) is 20.9. The Morgan fingerprint density at radius 2 is 1.67 bits per heavy atom. The molecule has 8 nitrogen and oxygen atoms in total. The van der Waals surface area contributed by atoms with Crippen molar-refractivity contribution in [1.82, 2.24) is 4.90 Å². The van der Waals surface area contributed by atoms with Crippen molar-refractivity contribution in [2.75, 3.05) is 31.8 Å². The Morgan fingerprint density at radius 1 is 1.00 bits per heavy atom. The summed E-state index contributed by atoms with van der Waals surface area (Å²) in [6.07, 6.45) is 4.02. The quantitative estimate of drug-likeness (QED) is 0.280. The number of fused-ring (bicyclic) bond motifs is 1. The first-order valence-corrected chi connectivity index (χ1v) is 15.4. The summed E-state index contributed by atoms with van der Waals surface area (Å²) >= 11 is 0. The van der Waals surface area contributed by atoms with E-state index in [2.05, 4.69) is 19.2 Å². The number of nitrogens with zero attached hydrogens (tertiary/aromatic N) is 1. The predicted molar refractivity (Wildman–Crippen MR) is 164 cm³/mol. The number of ether oxygens (including phenoxy) is 3. The molecule has 8 heteroatoms. The number of rotatable bonds is 11. The molecule has 6 rings (SSSR count). The number of carboxylic acid groups (broad SMARTS) is 1. The van der Waals surface area contributed by atoms with Crippen molar-refractivity contribution in [2.24, 2.45) is 11.8 Å². The molecule has 0 bridgehead atoms. The summed E-state index contributed by atoms with van der Waals surface area (Å²) in [7, 11) is 0. The summed E-state index contributed by atoms with van der Waals surface area (Å²) in [4.78, 5) is 28.7. The fourth-order valence-electron chi connectivity index (χ4n) is 6.59. The molecule has 1 saturated heterocycles. The molecule has 2 aliphatic heterocycles. The summed E-state index contributed by atoms with van der Waals surface area (Å²) in [5, 5.41) is 13.9. The molecule has 0 radical (unpaired) electrons. The number of anilines is 1. The van der Waals surface area contributed by atoms with Crippen LogP contribution in [0, 0.1) is 18.8 Å². The van der Waals surface area contributed by atoms with Gasteiger partial charge in [0.25, 0.3) is 0 Å². The largest absolute Gasteiger partial charge is 0.493 e. The SMILES string of the molecule is CCc1cccc(CC)c1NC(=O)CN1C[C@H](c2cc3c(cc2C)OCO3)[C@@H](C(=O)O)[C@@H]1c1ccc(OCC2CC2)cc1. The number of para-hydroxylation sites is 1. The molecule has 3 aromatic rings. The number of carboxylic acids is 1. The molecule has 1 saturated carbocycles. The van der Waals surface area contributed by atoms with E-state index < -0.39 is 17.9 Å². The molecule has 0 spiro atoms. The zero-order chi connectivity index (χ0) is 30.1. The molecule has 2 heterocycles. The van der Waals surface area contributed by atoms with Gasteiger partial charge in [-0.05, 0) is 90.6 Å². The van der Waals surface area contributed by atoms with Gasteiger partial charge in [0, 0.05) is 24.2 Å². The Balaban J connectivity index is 1.32. The summed E-state index contributed by atoms with van der Waals surface area (Å²) in [6, 6.07) is 17.2. The molecule has 3 aromatic carbocycles. The molecule has 226 valence electrons. The van der Waals surface area contributed by atoms with Crippen LogP contribution in [0.5, 0.6) is 17.2 Å². The number of carbonyl (C=O) groups excluding carboxylic acids is 1. The van der Waals surface area contributed by atoms with E-state index in [1.807, 2.05) is 66.4 Å². The van der Waals surface area contributed by atoms with Gasteiger partial charge >= 0.3 is 5.97 Å². The van der Waals surface area contributed by atoms with Crippen LogP contribution < -0.4 is 19.5 Å². The molecule has 43 heavy (non-hydrogen) atoms. The third kappa shape index (κ3) is 6.07. The van der Waals surface area contributed by atoms with Crippen LogP contribution in [0.2, 0.25) is 0 Å². The molecule has 2 fully saturated rings. The van der Waals surface area contributed by atoms with Crippen molar-refractivity contribution in [3.8, 4) is 17.2 Å². The highest BCUT2D eigenvalue weighted by atomic mass is 16.7. The highest BCUT2D eigenvalue weighted by Crippen LogP contribution is 2.49. The van der Waals surface area contributed by atoms with Crippen molar-refractivity contribution < 1.29 is 28.9 Å². The van der Waals surface area contributed by atoms with Crippen LogP contribution in [0.1, 0.15) is 66.5 Å². The second-order valence-electron chi connectivity index (χ2n) is 11.9. The van der Waals surface area contributed by atoms with E-state index in [-0.39, 0.29) is 25.2 Å². The van der Waals surface area contributed by atoms with Gasteiger partial charge in [-0.25, -0.2) is 0 Å². The molecule has 3 atom stereocenters. The van der Waals surface area contributed by atoms with Gasteiger partial charge < -0.3 is 24.6 Å². The number of nitrogens with one attached hydrogen (secondary N) is 1. The second-order valence-corrected chi connectivity index (χ2v) is 11.9. The molecule has 1 amide bonds. The van der Waals surface area contributed by atoms with Gasteiger partial charge in [-0.1, -0.05) is 44.2 Å². The van der Waals surface area contributed by atoms with Crippen molar-refractivity contribution in [2.45, 2.75) is 58.4 Å². The zero-order valence-electron chi connectivity index (χ0n) is 25.1. The number of amides is 1. The molecular weight excluding hydrogens is 544 g/mol. The molecular formula is C35H40N2O6. The lowest BCUT2D eigenvalue weighted by atomic mass is 9.81. The summed E-state index contributed by atoms with van der Waals surface area (Å²) in [6.45, 7) is 7.46. The van der Waals surface area contributed by atoms with Crippen LogP contribution >= 0.6 is 0 Å². The highest BCUT2D eigenvalue weighted by molar-refractivity contribution is 5.94. The molecule has 0 aromatic heterocycles. The third-order valence-corrected chi connectivity index (χ3v) is 9.06. The smallest absolute Gasteiger partial charge is 0.309 e. The van der Waals surface area contributed by atoms with Gasteiger partial charge in [-0.2, -0.15) is 0 Å². The van der Waals surface area contributed by atoms with Gasteiger partial charge in [-0.3, -0.25) is 14.5 Å². The molecule has 0 unspecified atom stereocenters. The maximum atomic E-state index is 13.7. The minimum Gasteiger partial charge on any atom is -0.493 e. The van der Waals surface area contributed by atoms with Crippen LogP contribution in [0.4, 0.5) is 5.69 Å². The number of benzene rings is 3. The van der Waals surface area contributed by atoms with Crippen molar-refractivity contribution in [3.63, 3.8) is 0 Å². The Hall–Kier alpha value is -4.04. The van der Waals surface area contributed by atoms with Crippen molar-refractivity contribution in [1.29, 1.82) is 0 Å². The first-order valence-electron chi connectivity index (χ1n) is 15.4. The lowest BCUT2D eigenvalue weighted by Crippen LogP contribution is -2.35. The number of aryl methyl sites for hydroxylation is 3. The van der Waals surface area contributed by atoms with E-state index in [1.165, 1.54) is 12.8 Å². The van der Waals surface area contributed by atoms with E-state index in [9.17, 15) is 14.7 Å². The third-order valence-electron chi connectivity index (χ3n) is 9.06. The van der Waals surface area contributed by atoms with Crippen molar-refractivity contribution >= 4 is 17.6 Å². The Kier molecular flexibility index (Phi) is 8.30. The number of aliphatic carboxylic acids is 1. The van der Waals surface area contributed by atoms with E-state index in [1.54, 1.807) is 0 Å². The molecule has 3 aliphatic rings. The molecule has 1 aliphatic carbocycles. The standard InChI is InChI=1S/C35H40N2O6/c1-4-23-7-6-8-24(5-2)33(23)36-31(38)18-37-17-28(27-16-30-29(15-21(27)3)42-20-43-30)32(35(39)40)34(37)25-11-13-26(14-12-25)41-19-22-9-10-22/h6-8,11-16,22,28,32,34H,4-5,9-10,17-20H2,1-3H3,(H,36,38)(H,39,40)/t28-,32-,34+/m1/s1. The van der Waals surface area contributed by atoms with Gasteiger partial charge in [0.2, 0.25) is 12.7 Å². The monoisotopic (exact) mass is 584 g/mol. The minimum absolute atomic E-state index is 0.0652. The zero-order valence-corrected chi connectivity index (χ0v) is 25.1. The maximum absolute atomic E-state index is 13.7. The first kappa shape index (κ1) is 29.1. The van der Waals surface area contributed by atoms with Crippen LogP contribution in [-0.4, -0.2) is 48.4 Å². The van der Waals surface area contributed by atoms with Crippen molar-refractivity contribution in [3.05, 3.63) is 82.4 Å². The minimum atomic E-state index is -0.895. The topological polar surface area (TPSA) is 97.3 Å². The lowest BCUT2D eigenvalue weighted by molar-refractivity contribution is -0.143. The van der Waals surface area contributed by atoms with Gasteiger partial charge in [-0.15, -0.1) is 0 Å². The number of hydrogen-bond donors (Lipinski definition) is 2. The van der Waals surface area contributed by atoms with Crippen LogP contribution in [0.15, 0.2) is 54.6 Å². The summed E-state index contributed by atoms with van der Waals surface area (Å²) in [5.41, 5.74) is 5.73. The Bertz CT molecular complexity index is 1480. The van der Waals surface area contributed by atoms with Crippen LogP contribution in [0.25, 0.3) is 0 Å². The van der Waals surface area contributed by atoms with Gasteiger partial charge in [0.05, 0.1) is 19.1 Å². The summed E-state index contributed by atoms with van der Waals surface area (Å²) < 4.78 is 17.2. The fraction of sp³-hybridized carbons (Fsp3) is 0.429. The molecule has 2 N–H and O–H groups in total. The Morgan fingerprint density at radius 3 is 2.30 bits per heavy atom. The lowest BCUT2D eigenvalue weighted by Gasteiger charge is -2.27. The van der Waals surface area contributed by atoms with Gasteiger partial charge in [0.1, 0.15) is 5.75 Å². The maximum Gasteiger partial charge on any atom is 0.309 e. The van der Waals surface area contributed by atoms with E-state index in [0.29, 0.717) is 30.6 Å².